The van der Waals surface area contributed by atoms with Crippen LogP contribution in [0.15, 0.2) is 29.2 Å². The summed E-state index contributed by atoms with van der Waals surface area (Å²) in [6, 6.07) is 2.00. The van der Waals surface area contributed by atoms with E-state index in [1.807, 2.05) is 30.4 Å². The van der Waals surface area contributed by atoms with E-state index in [9.17, 15) is 4.79 Å². The van der Waals surface area contributed by atoms with Gasteiger partial charge >= 0.3 is 6.03 Å². The van der Waals surface area contributed by atoms with Gasteiger partial charge in [0.2, 0.25) is 0 Å². The van der Waals surface area contributed by atoms with E-state index in [0.717, 1.165) is 11.1 Å². The van der Waals surface area contributed by atoms with Crippen LogP contribution in [0.4, 0.5) is 4.79 Å². The first kappa shape index (κ1) is 15.1. The SMILES string of the molecule is C[C@@H]1CN(C(=O)NCc2cnn(C)c2)C[C@H](c2ccsc2)O1. The molecule has 3 rings (SSSR count). The van der Waals surface area contributed by atoms with Crippen LogP contribution in [0.1, 0.15) is 24.2 Å². The fourth-order valence-electron chi connectivity index (χ4n) is 2.61. The van der Waals surface area contributed by atoms with Gasteiger partial charge in [0.15, 0.2) is 0 Å². The molecule has 0 radical (unpaired) electrons. The molecule has 22 heavy (non-hydrogen) atoms. The third-order valence-corrected chi connectivity index (χ3v) is 4.37. The lowest BCUT2D eigenvalue weighted by Gasteiger charge is -2.36. The van der Waals surface area contributed by atoms with Gasteiger partial charge in [0.25, 0.3) is 0 Å². The Morgan fingerprint density at radius 2 is 2.41 bits per heavy atom. The van der Waals surface area contributed by atoms with E-state index < -0.39 is 0 Å². The normalized spacial score (nSPS) is 21.8. The molecule has 1 N–H and O–H groups in total. The summed E-state index contributed by atoms with van der Waals surface area (Å²) in [6.07, 6.45) is 3.65. The van der Waals surface area contributed by atoms with Gasteiger partial charge in [-0.15, -0.1) is 0 Å². The number of amides is 2. The number of thiophene rings is 1. The molecule has 1 aliphatic heterocycles. The Balaban J connectivity index is 1.59. The molecule has 1 aliphatic rings. The second-order valence-electron chi connectivity index (χ2n) is 5.58. The molecule has 0 bridgehead atoms. The Morgan fingerprint density at radius 1 is 1.55 bits per heavy atom. The molecule has 0 unspecified atom stereocenters. The van der Waals surface area contributed by atoms with E-state index in [0.29, 0.717) is 19.6 Å². The number of morpholine rings is 1. The zero-order chi connectivity index (χ0) is 15.5. The molecule has 3 heterocycles. The topological polar surface area (TPSA) is 59.4 Å². The largest absolute Gasteiger partial charge is 0.367 e. The van der Waals surface area contributed by atoms with Gasteiger partial charge in [0.05, 0.1) is 18.8 Å². The average Bonchev–Trinajstić information content (AvgIpc) is 3.15. The van der Waals surface area contributed by atoms with Crippen molar-refractivity contribution in [1.82, 2.24) is 20.0 Å². The maximum Gasteiger partial charge on any atom is 0.317 e. The molecule has 118 valence electrons. The Kier molecular flexibility index (Phi) is 4.44. The third-order valence-electron chi connectivity index (χ3n) is 3.66. The van der Waals surface area contributed by atoms with Gasteiger partial charge in [-0.2, -0.15) is 16.4 Å². The maximum absolute atomic E-state index is 12.4. The molecule has 2 aromatic heterocycles. The predicted octanol–water partition coefficient (Wildman–Crippen LogP) is 2.15. The van der Waals surface area contributed by atoms with Gasteiger partial charge in [0.1, 0.15) is 6.10 Å². The van der Waals surface area contributed by atoms with Crippen LogP contribution in [0.2, 0.25) is 0 Å². The van der Waals surface area contributed by atoms with Crippen LogP contribution in [0.5, 0.6) is 0 Å². The van der Waals surface area contributed by atoms with Crippen molar-refractivity contribution in [2.45, 2.75) is 25.7 Å². The molecule has 0 aliphatic carbocycles. The Hall–Kier alpha value is -1.86. The van der Waals surface area contributed by atoms with Crippen molar-refractivity contribution in [3.8, 4) is 0 Å². The quantitative estimate of drug-likeness (QED) is 0.943. The highest BCUT2D eigenvalue weighted by Gasteiger charge is 2.29. The van der Waals surface area contributed by atoms with Crippen molar-refractivity contribution in [3.63, 3.8) is 0 Å². The number of nitrogens with zero attached hydrogens (tertiary/aromatic N) is 3. The first-order valence-corrected chi connectivity index (χ1v) is 8.24. The van der Waals surface area contributed by atoms with Crippen molar-refractivity contribution in [1.29, 1.82) is 0 Å². The van der Waals surface area contributed by atoms with Crippen molar-refractivity contribution < 1.29 is 9.53 Å². The number of aryl methyl sites for hydroxylation is 1. The van der Waals surface area contributed by atoms with Crippen molar-refractivity contribution >= 4 is 17.4 Å². The van der Waals surface area contributed by atoms with E-state index in [4.69, 9.17) is 4.74 Å². The molecular weight excluding hydrogens is 300 g/mol. The van der Waals surface area contributed by atoms with E-state index in [-0.39, 0.29) is 18.2 Å². The summed E-state index contributed by atoms with van der Waals surface area (Å²) in [5.74, 6) is 0. The van der Waals surface area contributed by atoms with Gasteiger partial charge in [-0.05, 0) is 29.3 Å². The van der Waals surface area contributed by atoms with Crippen LogP contribution in [0.25, 0.3) is 0 Å². The lowest BCUT2D eigenvalue weighted by Crippen LogP contribution is -2.49. The van der Waals surface area contributed by atoms with E-state index in [2.05, 4.69) is 21.9 Å². The molecule has 7 heteroatoms. The van der Waals surface area contributed by atoms with Crippen LogP contribution >= 0.6 is 11.3 Å². The van der Waals surface area contributed by atoms with Gasteiger partial charge < -0.3 is 15.0 Å². The van der Waals surface area contributed by atoms with Crippen LogP contribution in [0, 0.1) is 0 Å². The van der Waals surface area contributed by atoms with Crippen LogP contribution in [-0.2, 0) is 18.3 Å². The monoisotopic (exact) mass is 320 g/mol. The minimum absolute atomic E-state index is 0.0304. The summed E-state index contributed by atoms with van der Waals surface area (Å²) < 4.78 is 7.68. The second kappa shape index (κ2) is 6.50. The van der Waals surface area contributed by atoms with Crippen LogP contribution < -0.4 is 5.32 Å². The molecule has 2 aromatic rings. The molecule has 0 saturated carbocycles. The minimum Gasteiger partial charge on any atom is -0.367 e. The first-order valence-electron chi connectivity index (χ1n) is 7.29. The van der Waals surface area contributed by atoms with E-state index in [1.165, 1.54) is 0 Å². The Bertz CT molecular complexity index is 625. The smallest absolute Gasteiger partial charge is 0.317 e. The number of carbonyl (C=O) groups is 1. The molecule has 0 spiro atoms. The van der Waals surface area contributed by atoms with Gasteiger partial charge in [-0.25, -0.2) is 4.79 Å². The lowest BCUT2D eigenvalue weighted by atomic mass is 10.1. The molecule has 2 amide bonds. The standard InChI is InChI=1S/C15H20N4O2S/c1-11-7-19(9-14(21-11)13-3-4-22-10-13)15(20)16-5-12-6-17-18(2)8-12/h3-4,6,8,10-11,14H,5,7,9H2,1-2H3,(H,16,20)/t11-,14-/m1/s1. The van der Waals surface area contributed by atoms with Gasteiger partial charge in [-0.1, -0.05) is 0 Å². The average molecular weight is 320 g/mol. The Morgan fingerprint density at radius 3 is 3.09 bits per heavy atom. The highest BCUT2D eigenvalue weighted by atomic mass is 32.1. The number of nitrogens with one attached hydrogen (secondary N) is 1. The van der Waals surface area contributed by atoms with Crippen molar-refractivity contribution in [2.24, 2.45) is 7.05 Å². The summed E-state index contributed by atoms with van der Waals surface area (Å²) in [4.78, 5) is 14.2. The Labute approximate surface area is 133 Å². The summed E-state index contributed by atoms with van der Waals surface area (Å²) in [6.45, 7) is 3.68. The summed E-state index contributed by atoms with van der Waals surface area (Å²) in [5.41, 5.74) is 2.13. The summed E-state index contributed by atoms with van der Waals surface area (Å²) >= 11 is 1.65. The molecule has 1 saturated heterocycles. The second-order valence-corrected chi connectivity index (χ2v) is 6.36. The fraction of sp³-hybridized carbons (Fsp3) is 0.467. The van der Waals surface area contributed by atoms with Crippen LogP contribution in [-0.4, -0.2) is 39.9 Å². The zero-order valence-corrected chi connectivity index (χ0v) is 13.5. The molecule has 0 aromatic carbocycles. The predicted molar refractivity (Wildman–Crippen MR) is 84.6 cm³/mol. The van der Waals surface area contributed by atoms with Crippen molar-refractivity contribution in [2.75, 3.05) is 13.1 Å². The number of carbonyl (C=O) groups excluding carboxylic acids is 1. The maximum atomic E-state index is 12.4. The van der Waals surface area contributed by atoms with E-state index >= 15 is 0 Å². The molecule has 2 atom stereocenters. The molecular formula is C15H20N4O2S. The molecule has 1 fully saturated rings. The fourth-order valence-corrected chi connectivity index (χ4v) is 3.31. The zero-order valence-electron chi connectivity index (χ0n) is 12.7. The highest BCUT2D eigenvalue weighted by molar-refractivity contribution is 7.07. The number of urea groups is 1. The first-order chi connectivity index (χ1) is 10.6. The number of hydrogen-bond acceptors (Lipinski definition) is 4. The molecule has 6 nitrogen and oxygen atoms in total. The van der Waals surface area contributed by atoms with Gasteiger partial charge in [0, 0.05) is 31.9 Å². The summed E-state index contributed by atoms with van der Waals surface area (Å²) in [7, 11) is 1.86. The number of rotatable bonds is 3. The number of ether oxygens (including phenoxy) is 1. The van der Waals surface area contributed by atoms with Gasteiger partial charge in [-0.3, -0.25) is 4.68 Å². The summed E-state index contributed by atoms with van der Waals surface area (Å²) in [5, 5.41) is 11.2. The van der Waals surface area contributed by atoms with E-state index in [1.54, 1.807) is 22.2 Å². The van der Waals surface area contributed by atoms with Crippen LogP contribution in [0.3, 0.4) is 0 Å². The number of aromatic nitrogens is 2. The lowest BCUT2D eigenvalue weighted by molar-refractivity contribution is -0.0655. The van der Waals surface area contributed by atoms with Crippen molar-refractivity contribution in [3.05, 3.63) is 40.3 Å². The third kappa shape index (κ3) is 3.48. The number of hydrogen-bond donors (Lipinski definition) is 1. The minimum atomic E-state index is -0.0563. The highest BCUT2D eigenvalue weighted by Crippen LogP contribution is 2.26.